The zero-order chi connectivity index (χ0) is 43.0. The van der Waals surface area contributed by atoms with E-state index in [-0.39, 0.29) is 12.3 Å². The summed E-state index contributed by atoms with van der Waals surface area (Å²) in [6.07, 6.45) is 10.5. The van der Waals surface area contributed by atoms with E-state index in [1.807, 2.05) is 0 Å². The summed E-state index contributed by atoms with van der Waals surface area (Å²) in [6.45, 7) is 37.7. The van der Waals surface area contributed by atoms with E-state index in [4.69, 9.17) is 0 Å². The molecule has 4 aromatic carbocycles. The molecule has 59 heavy (non-hydrogen) atoms. The molecule has 0 aromatic heterocycles. The van der Waals surface area contributed by atoms with Crippen LogP contribution in [0.1, 0.15) is 209 Å². The summed E-state index contributed by atoms with van der Waals surface area (Å²) >= 11 is 0. The molecule has 6 rings (SSSR count). The molecule has 2 heterocycles. The van der Waals surface area contributed by atoms with Gasteiger partial charge in [-0.1, -0.05) is 184 Å². The fourth-order valence-corrected chi connectivity index (χ4v) is 9.73. The Balaban J connectivity index is 1.68. The van der Waals surface area contributed by atoms with Crippen LogP contribution < -0.4 is 19.6 Å². The number of hydrogen-bond donors (Lipinski definition) is 0. The average molecular weight is 793 g/mol. The molecule has 2 aliphatic rings. The molecule has 0 radical (unpaired) electrons. The molecule has 0 atom stereocenters. The number of nitrogens with zero attached hydrogens (tertiary/aromatic N) is 4. The van der Waals surface area contributed by atoms with Crippen LogP contribution in [0.4, 0.5) is 22.7 Å². The fraction of sp³-hybridized carbons (Fsp3) is 0.491. The summed E-state index contributed by atoms with van der Waals surface area (Å²) < 4.78 is 0. The zero-order valence-corrected chi connectivity index (χ0v) is 39.5. The summed E-state index contributed by atoms with van der Waals surface area (Å²) in [6, 6.07) is 28.1. The maximum absolute atomic E-state index is 2.68. The van der Waals surface area contributed by atoms with Crippen molar-refractivity contribution in [3.05, 3.63) is 142 Å². The Morgan fingerprint density at radius 2 is 0.441 bits per heavy atom. The molecule has 0 aliphatic carbocycles. The van der Waals surface area contributed by atoms with Gasteiger partial charge in [0.1, 0.15) is 12.3 Å². The van der Waals surface area contributed by atoms with E-state index in [2.05, 4.69) is 228 Å². The minimum absolute atomic E-state index is 0.00197. The van der Waals surface area contributed by atoms with E-state index in [0.29, 0.717) is 47.3 Å². The number of para-hydroxylation sites is 4. The predicted molar refractivity (Wildman–Crippen MR) is 259 cm³/mol. The minimum atomic E-state index is 0.00197. The van der Waals surface area contributed by atoms with Gasteiger partial charge in [0, 0.05) is 54.0 Å². The van der Waals surface area contributed by atoms with Crippen LogP contribution in [0.25, 0.3) is 0 Å². The van der Waals surface area contributed by atoms with E-state index >= 15 is 0 Å². The maximum atomic E-state index is 2.68. The van der Waals surface area contributed by atoms with E-state index < -0.39 is 0 Å². The Morgan fingerprint density at radius 3 is 0.576 bits per heavy atom. The Bertz CT molecular complexity index is 1730. The lowest BCUT2D eigenvalue weighted by Crippen LogP contribution is -2.50. The number of benzene rings is 4. The van der Waals surface area contributed by atoms with Gasteiger partial charge in [0.2, 0.25) is 0 Å². The molecule has 0 fully saturated rings. The summed E-state index contributed by atoms with van der Waals surface area (Å²) in [5.74, 6) is 3.00. The highest BCUT2D eigenvalue weighted by atomic mass is 15.4. The van der Waals surface area contributed by atoms with Crippen LogP contribution in [0.2, 0.25) is 0 Å². The van der Waals surface area contributed by atoms with Gasteiger partial charge in [0.15, 0.2) is 0 Å². The number of rotatable bonds is 14. The van der Waals surface area contributed by atoms with Gasteiger partial charge in [-0.05, 0) is 91.9 Å². The normalized spacial score (nSPS) is 15.3. The van der Waals surface area contributed by atoms with Crippen molar-refractivity contribution in [2.45, 2.75) is 177 Å². The first-order chi connectivity index (χ1) is 28.0. The van der Waals surface area contributed by atoms with Crippen LogP contribution in [0, 0.1) is 0 Å². The van der Waals surface area contributed by atoms with Gasteiger partial charge in [-0.3, -0.25) is 0 Å². The first kappa shape index (κ1) is 44.1. The van der Waals surface area contributed by atoms with Crippen molar-refractivity contribution < 1.29 is 0 Å². The second-order valence-electron chi connectivity index (χ2n) is 19.8. The van der Waals surface area contributed by atoms with Crippen LogP contribution in [0.3, 0.4) is 0 Å². The molecule has 0 amide bonds. The van der Waals surface area contributed by atoms with Gasteiger partial charge < -0.3 is 19.6 Å². The highest BCUT2D eigenvalue weighted by Gasteiger charge is 2.42. The summed E-state index contributed by atoms with van der Waals surface area (Å²) in [5, 5.41) is 0. The van der Waals surface area contributed by atoms with E-state index in [9.17, 15) is 0 Å². The predicted octanol–water partition coefficient (Wildman–Crippen LogP) is 16.0. The quantitative estimate of drug-likeness (QED) is 0.126. The lowest BCUT2D eigenvalue weighted by Gasteiger charge is -2.44. The second kappa shape index (κ2) is 18.0. The SMILES string of the molecule is CC(C)c1cccc(C(C)C)c1N1C=CN(c2c(C(C)C)cccc2C(C)C)C1CC1N(c2c(C(C)C)cccc2C(C)C)C=CN1c1c(C(C)C)cccc1C(C)C. The average Bonchev–Trinajstić information content (AvgIpc) is 3.80. The molecular formula is C55H76N4. The third kappa shape index (κ3) is 8.48. The molecule has 0 saturated heterocycles. The topological polar surface area (TPSA) is 13.0 Å². The lowest BCUT2D eigenvalue weighted by atomic mass is 9.89. The van der Waals surface area contributed by atoms with Crippen molar-refractivity contribution in [1.82, 2.24) is 0 Å². The molecule has 2 aliphatic heterocycles. The summed E-state index contributed by atoms with van der Waals surface area (Å²) in [5.41, 5.74) is 16.8. The zero-order valence-electron chi connectivity index (χ0n) is 39.5. The van der Waals surface area contributed by atoms with Crippen LogP contribution in [-0.2, 0) is 0 Å². The van der Waals surface area contributed by atoms with Gasteiger partial charge in [0.05, 0.1) is 0 Å². The van der Waals surface area contributed by atoms with Crippen molar-refractivity contribution in [2.75, 3.05) is 19.6 Å². The van der Waals surface area contributed by atoms with Gasteiger partial charge in [-0.25, -0.2) is 0 Å². The molecule has 316 valence electrons. The van der Waals surface area contributed by atoms with Gasteiger partial charge >= 0.3 is 0 Å². The van der Waals surface area contributed by atoms with Crippen LogP contribution in [-0.4, -0.2) is 12.3 Å². The van der Waals surface area contributed by atoms with Gasteiger partial charge in [-0.15, -0.1) is 0 Å². The first-order valence-electron chi connectivity index (χ1n) is 23.0. The smallest absolute Gasteiger partial charge is 0.114 e. The first-order valence-corrected chi connectivity index (χ1v) is 23.0. The highest BCUT2D eigenvalue weighted by Crippen LogP contribution is 2.48. The lowest BCUT2D eigenvalue weighted by molar-refractivity contribution is 0.523. The number of hydrogen-bond acceptors (Lipinski definition) is 4. The van der Waals surface area contributed by atoms with E-state index in [0.717, 1.165) is 6.42 Å². The van der Waals surface area contributed by atoms with Crippen molar-refractivity contribution in [3.8, 4) is 0 Å². The summed E-state index contributed by atoms with van der Waals surface area (Å²) in [7, 11) is 0. The maximum Gasteiger partial charge on any atom is 0.114 e. The second-order valence-corrected chi connectivity index (χ2v) is 19.8. The summed E-state index contributed by atoms with van der Waals surface area (Å²) in [4.78, 5) is 10.7. The Kier molecular flexibility index (Phi) is 13.5. The Hall–Kier alpha value is -4.44. The molecule has 4 aromatic rings. The van der Waals surface area contributed by atoms with Crippen molar-refractivity contribution >= 4 is 22.7 Å². The van der Waals surface area contributed by atoms with E-state index in [1.165, 1.54) is 67.3 Å². The largest absolute Gasteiger partial charge is 0.325 e. The van der Waals surface area contributed by atoms with Crippen molar-refractivity contribution in [2.24, 2.45) is 0 Å². The molecule has 4 heteroatoms. The minimum Gasteiger partial charge on any atom is -0.325 e. The van der Waals surface area contributed by atoms with E-state index in [1.54, 1.807) is 0 Å². The van der Waals surface area contributed by atoms with Crippen LogP contribution >= 0.6 is 0 Å². The van der Waals surface area contributed by atoms with Crippen molar-refractivity contribution in [3.63, 3.8) is 0 Å². The van der Waals surface area contributed by atoms with Gasteiger partial charge in [-0.2, -0.15) is 0 Å². The molecule has 0 N–H and O–H groups in total. The third-order valence-electron chi connectivity index (χ3n) is 12.9. The molecule has 0 unspecified atom stereocenters. The van der Waals surface area contributed by atoms with Crippen molar-refractivity contribution in [1.29, 1.82) is 0 Å². The third-order valence-corrected chi connectivity index (χ3v) is 12.9. The highest BCUT2D eigenvalue weighted by molar-refractivity contribution is 5.75. The van der Waals surface area contributed by atoms with Crippen LogP contribution in [0.5, 0.6) is 0 Å². The Morgan fingerprint density at radius 1 is 0.288 bits per heavy atom. The standard InChI is InChI=1S/C55H76N4/c1-34(2)42-21-17-22-43(35(3)4)52(42)56-29-30-57(53-44(36(5)6)23-18-24-45(53)37(7)8)50(56)33-51-58(54-46(38(9)10)25-19-26-47(54)39(11)12)31-32-59(51)55-48(40(13)14)27-20-28-49(55)41(15)16/h17-32,34-41,50-51H,33H2,1-16H3. The number of anilines is 4. The fourth-order valence-electron chi connectivity index (χ4n) is 9.73. The Labute approximate surface area is 360 Å². The monoisotopic (exact) mass is 793 g/mol. The van der Waals surface area contributed by atoms with Gasteiger partial charge in [0.25, 0.3) is 0 Å². The molecule has 4 nitrogen and oxygen atoms in total. The molecular weight excluding hydrogens is 717 g/mol. The molecule has 0 saturated carbocycles. The molecule has 0 bridgehead atoms. The molecule has 0 spiro atoms. The van der Waals surface area contributed by atoms with Crippen LogP contribution in [0.15, 0.2) is 97.6 Å².